The van der Waals surface area contributed by atoms with E-state index in [1.165, 1.54) is 44.9 Å². The largest absolute Gasteiger partial charge is 0.463 e. The molecule has 0 aliphatic carbocycles. The molecule has 2 nitrogen and oxygen atoms in total. The summed E-state index contributed by atoms with van der Waals surface area (Å²) in [5.74, 6) is -0.0152. The number of carbonyl (C=O) groups is 1. The quantitative estimate of drug-likeness (QED) is 0.458. The van der Waals surface area contributed by atoms with Crippen molar-refractivity contribution in [3.8, 4) is 0 Å². The van der Waals surface area contributed by atoms with Crippen molar-refractivity contribution in [3.05, 3.63) is 12.2 Å². The summed E-state index contributed by atoms with van der Waals surface area (Å²) >= 11 is 0. The molecule has 0 bridgehead atoms. The average Bonchev–Trinajstić information content (AvgIpc) is 2.33. The molecule has 1 aliphatic heterocycles. The van der Waals surface area contributed by atoms with Crippen molar-refractivity contribution in [2.24, 2.45) is 0 Å². The lowest BCUT2D eigenvalue weighted by molar-refractivity contribution is -0.148. The lowest BCUT2D eigenvalue weighted by Gasteiger charge is -2.12. The minimum atomic E-state index is -0.0152. The molecule has 0 spiro atoms. The van der Waals surface area contributed by atoms with Crippen molar-refractivity contribution in [1.29, 1.82) is 0 Å². The van der Waals surface area contributed by atoms with Crippen molar-refractivity contribution in [1.82, 2.24) is 0 Å². The van der Waals surface area contributed by atoms with Crippen molar-refractivity contribution in [3.63, 3.8) is 0 Å². The van der Waals surface area contributed by atoms with Crippen molar-refractivity contribution >= 4 is 5.97 Å². The third-order valence-electron chi connectivity index (χ3n) is 3.49. The highest BCUT2D eigenvalue weighted by Crippen LogP contribution is 2.12. The first kappa shape index (κ1) is 15.3. The van der Waals surface area contributed by atoms with E-state index >= 15 is 0 Å². The highest BCUT2D eigenvalue weighted by Gasteiger charge is 2.08. The highest BCUT2D eigenvalue weighted by molar-refractivity contribution is 5.69. The molecule has 0 saturated heterocycles. The van der Waals surface area contributed by atoms with Crippen LogP contribution in [0, 0.1) is 0 Å². The summed E-state index contributed by atoms with van der Waals surface area (Å²) in [5.41, 5.74) is 0. The smallest absolute Gasteiger partial charge is 0.306 e. The van der Waals surface area contributed by atoms with E-state index in [1.807, 2.05) is 6.92 Å². The van der Waals surface area contributed by atoms with Crippen LogP contribution in [0.2, 0.25) is 0 Å². The van der Waals surface area contributed by atoms with E-state index < -0.39 is 0 Å². The van der Waals surface area contributed by atoms with Gasteiger partial charge in [0.25, 0.3) is 0 Å². The van der Waals surface area contributed by atoms with Crippen LogP contribution in [-0.2, 0) is 9.53 Å². The first-order chi connectivity index (χ1) is 8.79. The Balaban J connectivity index is 2.29. The number of carbonyl (C=O) groups excluding carboxylic acids is 1. The van der Waals surface area contributed by atoms with Gasteiger partial charge in [-0.25, -0.2) is 0 Å². The maximum atomic E-state index is 11.5. The first-order valence-electron chi connectivity index (χ1n) is 7.63. The zero-order valence-corrected chi connectivity index (χ0v) is 11.8. The molecule has 0 aromatic heterocycles. The maximum Gasteiger partial charge on any atom is 0.306 e. The van der Waals surface area contributed by atoms with Gasteiger partial charge in [-0.3, -0.25) is 4.79 Å². The second-order valence-corrected chi connectivity index (χ2v) is 5.36. The molecule has 1 unspecified atom stereocenters. The van der Waals surface area contributed by atoms with Crippen LogP contribution in [0.5, 0.6) is 0 Å². The molecule has 0 N–H and O–H groups in total. The Labute approximate surface area is 112 Å². The summed E-state index contributed by atoms with van der Waals surface area (Å²) in [6.07, 6.45) is 17.1. The Kier molecular flexibility index (Phi) is 8.62. The Morgan fingerprint density at radius 3 is 2.33 bits per heavy atom. The maximum absolute atomic E-state index is 11.5. The van der Waals surface area contributed by atoms with Crippen LogP contribution in [0.3, 0.4) is 0 Å². The fourth-order valence-corrected chi connectivity index (χ4v) is 2.32. The topological polar surface area (TPSA) is 26.3 Å². The Morgan fingerprint density at radius 2 is 1.56 bits per heavy atom. The van der Waals surface area contributed by atoms with Gasteiger partial charge in [0.05, 0.1) is 6.10 Å². The average molecular weight is 252 g/mol. The van der Waals surface area contributed by atoms with Crippen LogP contribution in [0.15, 0.2) is 12.2 Å². The molecule has 18 heavy (non-hydrogen) atoms. The number of hydrogen-bond donors (Lipinski definition) is 0. The minimum Gasteiger partial charge on any atom is -0.463 e. The summed E-state index contributed by atoms with van der Waals surface area (Å²) in [5, 5.41) is 0. The second-order valence-electron chi connectivity index (χ2n) is 5.36. The van der Waals surface area contributed by atoms with Crippen LogP contribution in [-0.4, -0.2) is 12.1 Å². The molecule has 2 heteroatoms. The van der Waals surface area contributed by atoms with Crippen molar-refractivity contribution < 1.29 is 9.53 Å². The van der Waals surface area contributed by atoms with E-state index in [2.05, 4.69) is 12.2 Å². The standard InChI is InChI=1S/C16H28O2/c1-15-13-11-9-7-5-3-2-4-6-8-10-12-14-16(17)18-15/h7,9,15H,2-6,8,10-14H2,1H3/b9-7-. The van der Waals surface area contributed by atoms with Gasteiger partial charge in [-0.05, 0) is 39.0 Å². The van der Waals surface area contributed by atoms with Gasteiger partial charge in [0.15, 0.2) is 0 Å². The molecular weight excluding hydrogens is 224 g/mol. The summed E-state index contributed by atoms with van der Waals surface area (Å²) in [6.45, 7) is 1.99. The Bertz CT molecular complexity index is 245. The molecular formula is C16H28O2. The van der Waals surface area contributed by atoms with Crippen LogP contribution in [0.25, 0.3) is 0 Å². The summed E-state index contributed by atoms with van der Waals surface area (Å²) in [6, 6.07) is 0. The van der Waals surface area contributed by atoms with Crippen LogP contribution in [0.1, 0.15) is 77.6 Å². The van der Waals surface area contributed by atoms with E-state index in [0.717, 1.165) is 19.3 Å². The molecule has 1 heterocycles. The monoisotopic (exact) mass is 252 g/mol. The van der Waals surface area contributed by atoms with E-state index in [4.69, 9.17) is 4.74 Å². The zero-order chi connectivity index (χ0) is 13.1. The minimum absolute atomic E-state index is 0.0152. The molecule has 1 aliphatic rings. The predicted octanol–water partition coefficient (Wildman–Crippen LogP) is 4.78. The van der Waals surface area contributed by atoms with Gasteiger partial charge < -0.3 is 4.74 Å². The zero-order valence-electron chi connectivity index (χ0n) is 11.8. The lowest BCUT2D eigenvalue weighted by Crippen LogP contribution is -2.14. The molecule has 1 rings (SSSR count). The number of esters is 1. The fraction of sp³-hybridized carbons (Fsp3) is 0.812. The third kappa shape index (κ3) is 8.32. The number of hydrogen-bond acceptors (Lipinski definition) is 2. The number of cyclic esters (lactones) is 1. The number of allylic oxidation sites excluding steroid dienone is 2. The molecule has 1 atom stereocenters. The highest BCUT2D eigenvalue weighted by atomic mass is 16.5. The normalized spacial score (nSPS) is 27.4. The summed E-state index contributed by atoms with van der Waals surface area (Å²) in [4.78, 5) is 11.5. The lowest BCUT2D eigenvalue weighted by atomic mass is 10.1. The van der Waals surface area contributed by atoms with Crippen LogP contribution >= 0.6 is 0 Å². The van der Waals surface area contributed by atoms with Gasteiger partial charge in [-0.1, -0.05) is 44.3 Å². The fourth-order valence-electron chi connectivity index (χ4n) is 2.32. The van der Waals surface area contributed by atoms with Gasteiger partial charge in [-0.2, -0.15) is 0 Å². The van der Waals surface area contributed by atoms with Crippen molar-refractivity contribution in [2.45, 2.75) is 83.7 Å². The molecule has 0 amide bonds. The SMILES string of the molecule is CC1CC/C=C\CCCCCCCCCC(=O)O1. The van der Waals surface area contributed by atoms with E-state index in [9.17, 15) is 4.79 Å². The number of rotatable bonds is 0. The van der Waals surface area contributed by atoms with Crippen LogP contribution in [0.4, 0.5) is 0 Å². The molecule has 0 fully saturated rings. The Morgan fingerprint density at radius 1 is 0.944 bits per heavy atom. The van der Waals surface area contributed by atoms with Gasteiger partial charge >= 0.3 is 5.97 Å². The summed E-state index contributed by atoms with van der Waals surface area (Å²) in [7, 11) is 0. The van der Waals surface area contributed by atoms with E-state index in [0.29, 0.717) is 6.42 Å². The van der Waals surface area contributed by atoms with Gasteiger partial charge in [-0.15, -0.1) is 0 Å². The molecule has 0 radical (unpaired) electrons. The molecule has 0 saturated carbocycles. The molecule has 0 aromatic carbocycles. The number of ether oxygens (including phenoxy) is 1. The van der Waals surface area contributed by atoms with E-state index in [-0.39, 0.29) is 12.1 Å². The Hall–Kier alpha value is -0.790. The van der Waals surface area contributed by atoms with Crippen molar-refractivity contribution in [2.75, 3.05) is 0 Å². The third-order valence-corrected chi connectivity index (χ3v) is 3.49. The summed E-state index contributed by atoms with van der Waals surface area (Å²) < 4.78 is 5.38. The molecule has 104 valence electrons. The van der Waals surface area contributed by atoms with Crippen LogP contribution < -0.4 is 0 Å². The van der Waals surface area contributed by atoms with E-state index in [1.54, 1.807) is 0 Å². The van der Waals surface area contributed by atoms with Gasteiger partial charge in [0, 0.05) is 6.42 Å². The first-order valence-corrected chi connectivity index (χ1v) is 7.63. The van der Waals surface area contributed by atoms with Gasteiger partial charge in [0.2, 0.25) is 0 Å². The second kappa shape index (κ2) is 10.2. The molecule has 0 aromatic rings. The van der Waals surface area contributed by atoms with Gasteiger partial charge in [0.1, 0.15) is 0 Å². The predicted molar refractivity (Wildman–Crippen MR) is 75.5 cm³/mol.